The van der Waals surface area contributed by atoms with E-state index in [0.29, 0.717) is 31.6 Å². The molecule has 11 nitrogen and oxygen atoms in total. The largest absolute Gasteiger partial charge is 0.495 e. The standard InChI is InChI=1S/C28H35N9O2.2C2H6.2CH4/c1-18(16-37-17-33-35-36-37)39-26-11-21(3-5-23(26)25-15-30-25)22-13-31-28(32-14-22)34-24-6-4-20(12-27(24)38-2)19-7-9-29-10-8-19;2*1-2;;/h3-6,11-13,15,18-19,29-30H,7-10,14,16-17H2,1-2H3,(H,33,36)(H2,31,32,34);2*1-2H3;2*1H4. The molecule has 248 valence electrons. The van der Waals surface area contributed by atoms with E-state index in [1.807, 2.05) is 52.0 Å². The van der Waals surface area contributed by atoms with E-state index in [0.717, 1.165) is 65.5 Å². The number of hydrogen-bond acceptors (Lipinski definition) is 11. The molecule has 0 aliphatic carbocycles. The van der Waals surface area contributed by atoms with Gasteiger partial charge in [-0.3, -0.25) is 0 Å². The predicted octanol–water partition coefficient (Wildman–Crippen LogP) is 6.71. The minimum absolute atomic E-state index is 0. The van der Waals surface area contributed by atoms with E-state index >= 15 is 0 Å². The molecule has 4 aliphatic heterocycles. The SMILES string of the molecule is C.C.CC.CC.COc1cc(C2CCNCC2)ccc1NC1=NCC(c2ccc(C3=CN3)c(OC(C)CN3CN=NN3)c2)=CN1. The molecule has 1 atom stereocenters. The van der Waals surface area contributed by atoms with Gasteiger partial charge in [-0.2, -0.15) is 10.1 Å². The van der Waals surface area contributed by atoms with Gasteiger partial charge in [-0.25, -0.2) is 10.5 Å². The van der Waals surface area contributed by atoms with Crippen molar-refractivity contribution in [3.8, 4) is 11.5 Å². The number of hydrazine groups is 1. The summed E-state index contributed by atoms with van der Waals surface area (Å²) in [5.74, 6) is 2.92. The van der Waals surface area contributed by atoms with E-state index in [1.54, 1.807) is 7.11 Å². The third-order valence-corrected chi connectivity index (χ3v) is 7.31. The molecule has 4 aliphatic rings. The van der Waals surface area contributed by atoms with Crippen molar-refractivity contribution < 1.29 is 9.47 Å². The van der Waals surface area contributed by atoms with Crippen LogP contribution >= 0.6 is 0 Å². The van der Waals surface area contributed by atoms with Crippen LogP contribution in [0.4, 0.5) is 5.69 Å². The number of rotatable bonds is 9. The maximum absolute atomic E-state index is 6.36. The van der Waals surface area contributed by atoms with E-state index in [4.69, 9.17) is 14.5 Å². The van der Waals surface area contributed by atoms with Gasteiger partial charge in [-0.05, 0) is 79.7 Å². The molecule has 45 heavy (non-hydrogen) atoms. The van der Waals surface area contributed by atoms with Gasteiger partial charge in [0, 0.05) is 18.0 Å². The lowest BCUT2D eigenvalue weighted by molar-refractivity contribution is 0.128. The average Bonchev–Trinajstić information content (AvgIpc) is 3.79. The van der Waals surface area contributed by atoms with Crippen LogP contribution in [0.1, 0.15) is 84.9 Å². The molecular weight excluding hydrogens is 566 g/mol. The number of ether oxygens (including phenoxy) is 2. The van der Waals surface area contributed by atoms with Gasteiger partial charge in [0.05, 0.1) is 31.6 Å². The van der Waals surface area contributed by atoms with Gasteiger partial charge >= 0.3 is 0 Å². The molecule has 2 aromatic rings. The first-order valence-electron chi connectivity index (χ1n) is 15.5. The molecule has 11 heteroatoms. The first-order valence-corrected chi connectivity index (χ1v) is 15.5. The Kier molecular flexibility index (Phi) is 15.4. The highest BCUT2D eigenvalue weighted by atomic mass is 16.5. The first-order chi connectivity index (χ1) is 21.2. The number of benzene rings is 2. The van der Waals surface area contributed by atoms with Gasteiger partial charge in [0.1, 0.15) is 24.3 Å². The molecule has 6 rings (SSSR count). The lowest BCUT2D eigenvalue weighted by Crippen LogP contribution is -2.38. The number of anilines is 1. The van der Waals surface area contributed by atoms with Crippen molar-refractivity contribution in [1.82, 2.24) is 26.5 Å². The summed E-state index contributed by atoms with van der Waals surface area (Å²) in [6.45, 7) is 13.9. The highest BCUT2D eigenvalue weighted by Crippen LogP contribution is 2.34. The average molecular weight is 622 g/mol. The van der Waals surface area contributed by atoms with Gasteiger partial charge in [-0.15, -0.1) is 0 Å². The van der Waals surface area contributed by atoms with Gasteiger partial charge in [0.15, 0.2) is 5.96 Å². The number of guanidine groups is 1. The van der Waals surface area contributed by atoms with Crippen LogP contribution in [-0.2, 0) is 0 Å². The topological polar surface area (TPSA) is 129 Å². The fraction of sp³-hybridized carbons (Fsp3) is 0.500. The molecular formula is C34H55N9O2. The van der Waals surface area contributed by atoms with Crippen molar-refractivity contribution in [2.24, 2.45) is 15.3 Å². The lowest BCUT2D eigenvalue weighted by atomic mass is 9.90. The van der Waals surface area contributed by atoms with Crippen LogP contribution < -0.4 is 36.3 Å². The summed E-state index contributed by atoms with van der Waals surface area (Å²) < 4.78 is 12.1. The lowest BCUT2D eigenvalue weighted by Gasteiger charge is -2.24. The summed E-state index contributed by atoms with van der Waals surface area (Å²) in [5.41, 5.74) is 9.36. The molecule has 0 radical (unpaired) electrons. The molecule has 0 spiro atoms. The number of methoxy groups -OCH3 is 1. The summed E-state index contributed by atoms with van der Waals surface area (Å²) >= 11 is 0. The molecule has 1 unspecified atom stereocenters. The highest BCUT2D eigenvalue weighted by Gasteiger charge is 2.21. The van der Waals surface area contributed by atoms with Crippen molar-refractivity contribution >= 4 is 22.9 Å². The van der Waals surface area contributed by atoms with Crippen LogP contribution in [-0.4, -0.2) is 57.0 Å². The fourth-order valence-electron chi connectivity index (χ4n) is 5.14. The molecule has 0 aromatic heterocycles. The third-order valence-electron chi connectivity index (χ3n) is 7.31. The maximum Gasteiger partial charge on any atom is 0.200 e. The Morgan fingerprint density at radius 3 is 2.36 bits per heavy atom. The second-order valence-electron chi connectivity index (χ2n) is 10.1. The van der Waals surface area contributed by atoms with Crippen LogP contribution in [0.5, 0.6) is 11.5 Å². The smallest absolute Gasteiger partial charge is 0.200 e. The molecule has 1 saturated heterocycles. The van der Waals surface area contributed by atoms with E-state index < -0.39 is 0 Å². The van der Waals surface area contributed by atoms with Crippen LogP contribution in [0, 0.1) is 0 Å². The second kappa shape index (κ2) is 18.7. The predicted molar refractivity (Wildman–Crippen MR) is 188 cm³/mol. The molecule has 2 aromatic carbocycles. The summed E-state index contributed by atoms with van der Waals surface area (Å²) in [5, 5.41) is 23.0. The Labute approximate surface area is 270 Å². The molecule has 5 N–H and O–H groups in total. The Morgan fingerprint density at radius 2 is 1.73 bits per heavy atom. The quantitative estimate of drug-likeness (QED) is 0.209. The molecule has 0 saturated carbocycles. The minimum Gasteiger partial charge on any atom is -0.495 e. The summed E-state index contributed by atoms with van der Waals surface area (Å²) in [4.78, 5) is 4.76. The fourth-order valence-corrected chi connectivity index (χ4v) is 5.14. The van der Waals surface area contributed by atoms with E-state index in [9.17, 15) is 0 Å². The number of nitrogens with zero attached hydrogens (tertiary/aromatic N) is 4. The number of aliphatic imine (C=N–C) groups is 1. The van der Waals surface area contributed by atoms with E-state index in [-0.39, 0.29) is 21.0 Å². The van der Waals surface area contributed by atoms with Gasteiger partial charge < -0.3 is 30.7 Å². The Bertz CT molecular complexity index is 1320. The molecule has 0 bridgehead atoms. The minimum atomic E-state index is -0.0576. The Balaban J connectivity index is 0.00000113. The van der Waals surface area contributed by atoms with Crippen molar-refractivity contribution in [3.05, 3.63) is 65.5 Å². The van der Waals surface area contributed by atoms with Crippen molar-refractivity contribution in [1.29, 1.82) is 0 Å². The van der Waals surface area contributed by atoms with Gasteiger partial charge in [0.2, 0.25) is 0 Å². The summed E-state index contributed by atoms with van der Waals surface area (Å²) in [6.07, 6.45) is 6.22. The van der Waals surface area contributed by atoms with Gasteiger partial charge in [-0.1, -0.05) is 59.9 Å². The second-order valence-corrected chi connectivity index (χ2v) is 10.1. The maximum atomic E-state index is 6.36. The van der Waals surface area contributed by atoms with E-state index in [2.05, 4.69) is 73.5 Å². The Hall–Kier alpha value is -4.09. The Morgan fingerprint density at radius 1 is 0.978 bits per heavy atom. The summed E-state index contributed by atoms with van der Waals surface area (Å²) in [6, 6.07) is 12.7. The van der Waals surface area contributed by atoms with Crippen LogP contribution in [0.15, 0.2) is 64.1 Å². The number of hydrogen-bond donors (Lipinski definition) is 5. The number of piperidine rings is 1. The zero-order valence-corrected chi connectivity index (χ0v) is 26.3. The van der Waals surface area contributed by atoms with Crippen LogP contribution in [0.3, 0.4) is 0 Å². The van der Waals surface area contributed by atoms with Crippen LogP contribution in [0.25, 0.3) is 11.3 Å². The third kappa shape index (κ3) is 9.95. The molecule has 0 amide bonds. The monoisotopic (exact) mass is 621 g/mol. The summed E-state index contributed by atoms with van der Waals surface area (Å²) in [7, 11) is 1.71. The van der Waals surface area contributed by atoms with Gasteiger partial charge in [0.25, 0.3) is 0 Å². The van der Waals surface area contributed by atoms with Crippen molar-refractivity contribution in [2.45, 2.75) is 74.3 Å². The highest BCUT2D eigenvalue weighted by molar-refractivity contribution is 5.98. The number of nitrogens with one attached hydrogen (secondary N) is 5. The zero-order chi connectivity index (χ0) is 30.6. The van der Waals surface area contributed by atoms with E-state index in [1.165, 1.54) is 5.56 Å². The zero-order valence-electron chi connectivity index (χ0n) is 26.3. The first kappa shape index (κ1) is 37.1. The van der Waals surface area contributed by atoms with Crippen molar-refractivity contribution in [2.75, 3.05) is 45.3 Å². The van der Waals surface area contributed by atoms with Crippen LogP contribution in [0.2, 0.25) is 0 Å². The molecule has 4 heterocycles. The normalized spacial score (nSPS) is 17.2. The molecule has 1 fully saturated rings. The van der Waals surface area contributed by atoms with Crippen molar-refractivity contribution in [3.63, 3.8) is 0 Å².